The molecule has 1 aromatic heterocycles. The minimum Gasteiger partial charge on any atom is -0.442 e. The number of ether oxygens (including phenoxy) is 1. The first-order valence-corrected chi connectivity index (χ1v) is 12.5. The molecular formula is C25H32F3N3O6. The number of aromatic nitrogens is 1. The van der Waals surface area contributed by atoms with E-state index in [4.69, 9.17) is 4.74 Å². The summed E-state index contributed by atoms with van der Waals surface area (Å²) in [6.07, 6.45) is -1.20. The molecule has 12 heteroatoms. The number of halogens is 3. The number of carbonyl (C=O) groups is 4. The number of hydrogen-bond donors (Lipinski definition) is 1. The molecule has 4 fully saturated rings. The summed E-state index contributed by atoms with van der Waals surface area (Å²) < 4.78 is 48.3. The molecule has 4 saturated carbocycles. The Balaban J connectivity index is 1.50. The van der Waals surface area contributed by atoms with Crippen molar-refractivity contribution in [3.8, 4) is 0 Å². The lowest BCUT2D eigenvalue weighted by Gasteiger charge is -2.63. The highest BCUT2D eigenvalue weighted by Gasteiger charge is 2.57. The van der Waals surface area contributed by atoms with Crippen molar-refractivity contribution in [2.45, 2.75) is 83.9 Å². The first-order chi connectivity index (χ1) is 17.1. The average molecular weight is 528 g/mol. The van der Waals surface area contributed by atoms with Gasteiger partial charge in [-0.3, -0.25) is 19.8 Å². The Morgan fingerprint density at radius 3 is 2.41 bits per heavy atom. The Morgan fingerprint density at radius 1 is 1.24 bits per heavy atom. The summed E-state index contributed by atoms with van der Waals surface area (Å²) in [5.41, 5.74) is 1.11. The van der Waals surface area contributed by atoms with Crippen molar-refractivity contribution >= 4 is 23.6 Å². The highest BCUT2D eigenvalue weighted by molar-refractivity contribution is 5.97. The molecule has 0 aliphatic heterocycles. The van der Waals surface area contributed by atoms with Crippen LogP contribution in [-0.2, 0) is 20.5 Å². The third-order valence-corrected chi connectivity index (χ3v) is 7.42. The molecule has 2 amide bonds. The largest absolute Gasteiger partial charge is 0.452 e. The third kappa shape index (κ3) is 6.32. The van der Waals surface area contributed by atoms with Gasteiger partial charge in [0.15, 0.2) is 5.78 Å². The van der Waals surface area contributed by atoms with E-state index in [0.29, 0.717) is 37.7 Å². The van der Waals surface area contributed by atoms with Crippen molar-refractivity contribution in [3.63, 3.8) is 0 Å². The molecule has 0 spiro atoms. The predicted octanol–water partition coefficient (Wildman–Crippen LogP) is 4.71. The molecule has 2 bridgehead atoms. The lowest BCUT2D eigenvalue weighted by atomic mass is 9.42. The van der Waals surface area contributed by atoms with Crippen LogP contribution in [-0.4, -0.2) is 45.9 Å². The topological polar surface area (TPSA) is 119 Å². The lowest BCUT2D eigenvalue weighted by molar-refractivity contribution is -0.155. The van der Waals surface area contributed by atoms with Gasteiger partial charge in [-0.15, -0.1) is 0 Å². The molecule has 1 aromatic rings. The van der Waals surface area contributed by atoms with Crippen LogP contribution < -0.4 is 5.43 Å². The fourth-order valence-electron chi connectivity index (χ4n) is 5.57. The molecule has 5 rings (SSSR count). The van der Waals surface area contributed by atoms with Crippen LogP contribution in [0.2, 0.25) is 0 Å². The van der Waals surface area contributed by atoms with Gasteiger partial charge in [-0.05, 0) is 70.6 Å². The molecule has 37 heavy (non-hydrogen) atoms. The molecular weight excluding hydrogens is 495 g/mol. The predicted molar refractivity (Wildman–Crippen MR) is 122 cm³/mol. The van der Waals surface area contributed by atoms with Gasteiger partial charge in [-0.2, -0.15) is 13.2 Å². The number of hydrogen-bond acceptors (Lipinski definition) is 7. The van der Waals surface area contributed by atoms with Crippen molar-refractivity contribution in [1.82, 2.24) is 15.6 Å². The van der Waals surface area contributed by atoms with E-state index in [1.165, 1.54) is 0 Å². The molecule has 1 N–H and O–H groups in total. The van der Waals surface area contributed by atoms with E-state index in [9.17, 15) is 32.3 Å². The Bertz CT molecular complexity index is 1060. The maximum absolute atomic E-state index is 13.4. The van der Waals surface area contributed by atoms with Crippen molar-refractivity contribution in [2.24, 2.45) is 23.2 Å². The van der Waals surface area contributed by atoms with Crippen LogP contribution in [0.3, 0.4) is 0 Å². The zero-order chi connectivity index (χ0) is 27.2. The summed E-state index contributed by atoms with van der Waals surface area (Å²) in [6, 6.07) is 0.525. The first kappa shape index (κ1) is 27.1. The van der Waals surface area contributed by atoms with E-state index >= 15 is 0 Å². The summed E-state index contributed by atoms with van der Waals surface area (Å²) in [6.45, 7) is 4.94. The van der Waals surface area contributed by atoms with E-state index in [-0.39, 0.29) is 17.7 Å². The molecule has 9 nitrogen and oxygen atoms in total. The summed E-state index contributed by atoms with van der Waals surface area (Å²) in [5.74, 6) is -3.54. The molecule has 0 aromatic carbocycles. The smallest absolute Gasteiger partial charge is 0.442 e. The zero-order valence-corrected chi connectivity index (χ0v) is 21.2. The molecule has 0 radical (unpaired) electrons. The highest BCUT2D eigenvalue weighted by Crippen LogP contribution is 2.67. The molecule has 4 aliphatic rings. The van der Waals surface area contributed by atoms with Gasteiger partial charge in [0.1, 0.15) is 17.1 Å². The SMILES string of the molecule is CC(C)(C)OC(=O)N(C[C@@H]1CCCC1=O)NC(=O)[C@@H](CC(=O)c1cc(C(F)(F)F)on1)CC12CC(C1)C2. The van der Waals surface area contributed by atoms with E-state index < -0.39 is 59.3 Å². The number of hydrazine groups is 1. The summed E-state index contributed by atoms with van der Waals surface area (Å²) >= 11 is 0. The van der Waals surface area contributed by atoms with Gasteiger partial charge in [0.25, 0.3) is 0 Å². The number of alkyl halides is 3. The minimum absolute atomic E-state index is 0.00472. The summed E-state index contributed by atoms with van der Waals surface area (Å²) in [7, 11) is 0. The molecule has 4 aliphatic carbocycles. The second kappa shape index (κ2) is 9.75. The van der Waals surface area contributed by atoms with E-state index in [0.717, 1.165) is 24.3 Å². The lowest BCUT2D eigenvalue weighted by Crippen LogP contribution is -2.56. The van der Waals surface area contributed by atoms with Crippen LogP contribution in [0.1, 0.15) is 88.4 Å². The fraction of sp³-hybridized carbons (Fsp3) is 0.720. The number of Topliss-reactive ketones (excluding diaryl/α,β-unsaturated/α-hetero) is 2. The number of amides is 2. The number of nitrogens with one attached hydrogen (secondary N) is 1. The second-order valence-electron chi connectivity index (χ2n) is 11.7. The maximum Gasteiger partial charge on any atom is 0.452 e. The average Bonchev–Trinajstić information content (AvgIpc) is 3.36. The number of ketones is 2. The van der Waals surface area contributed by atoms with Gasteiger partial charge in [0.05, 0.1) is 6.54 Å². The van der Waals surface area contributed by atoms with Gasteiger partial charge < -0.3 is 9.26 Å². The van der Waals surface area contributed by atoms with Crippen LogP contribution in [0.15, 0.2) is 10.6 Å². The van der Waals surface area contributed by atoms with Crippen LogP contribution in [0.5, 0.6) is 0 Å². The quantitative estimate of drug-likeness (QED) is 0.384. The van der Waals surface area contributed by atoms with Crippen LogP contribution in [0.25, 0.3) is 0 Å². The molecule has 0 saturated heterocycles. The molecule has 0 unspecified atom stereocenters. The van der Waals surface area contributed by atoms with Crippen LogP contribution in [0, 0.1) is 23.2 Å². The van der Waals surface area contributed by atoms with Gasteiger partial charge in [-0.25, -0.2) is 9.80 Å². The van der Waals surface area contributed by atoms with Gasteiger partial charge in [0.2, 0.25) is 11.7 Å². The van der Waals surface area contributed by atoms with Crippen molar-refractivity contribution in [1.29, 1.82) is 0 Å². The van der Waals surface area contributed by atoms with E-state index in [1.54, 1.807) is 20.8 Å². The number of nitrogens with zero attached hydrogens (tertiary/aromatic N) is 2. The standard InChI is InChI=1S/C25H32F3N3O6/c1-23(2,3)36-22(35)31(13-15-5-4-6-18(15)32)29-21(34)16(12-24-9-14(10-24)11-24)7-19(33)17-8-20(37-30-17)25(26,27)28/h8,14-16H,4-7,9-13H2,1-3H3,(H,29,34)/t14?,15-,16-,24?/m0/s1. The monoisotopic (exact) mass is 527 g/mol. The molecule has 204 valence electrons. The maximum atomic E-state index is 13.4. The highest BCUT2D eigenvalue weighted by atomic mass is 19.4. The number of rotatable bonds is 8. The van der Waals surface area contributed by atoms with Crippen LogP contribution >= 0.6 is 0 Å². The normalized spacial score (nSPS) is 25.6. The first-order valence-electron chi connectivity index (χ1n) is 12.5. The van der Waals surface area contributed by atoms with E-state index in [1.807, 2.05) is 0 Å². The summed E-state index contributed by atoms with van der Waals surface area (Å²) in [5, 5.41) is 4.23. The third-order valence-electron chi connectivity index (χ3n) is 7.42. The van der Waals surface area contributed by atoms with Gasteiger partial charge in [0, 0.05) is 30.7 Å². The van der Waals surface area contributed by atoms with Gasteiger partial charge in [-0.1, -0.05) is 5.16 Å². The van der Waals surface area contributed by atoms with Crippen LogP contribution in [0.4, 0.5) is 18.0 Å². The minimum atomic E-state index is -4.79. The zero-order valence-electron chi connectivity index (χ0n) is 21.2. The van der Waals surface area contributed by atoms with Crippen molar-refractivity contribution in [2.75, 3.05) is 6.54 Å². The Kier molecular flexibility index (Phi) is 7.15. The van der Waals surface area contributed by atoms with E-state index in [2.05, 4.69) is 15.1 Å². The molecule has 2 atom stereocenters. The second-order valence-corrected chi connectivity index (χ2v) is 11.7. The summed E-state index contributed by atoms with van der Waals surface area (Å²) in [4.78, 5) is 51.4. The Hall–Kier alpha value is -2.92. The fourth-order valence-corrected chi connectivity index (χ4v) is 5.57. The number of carbonyl (C=O) groups excluding carboxylic acids is 4. The Morgan fingerprint density at radius 2 is 1.92 bits per heavy atom. The van der Waals surface area contributed by atoms with Gasteiger partial charge >= 0.3 is 12.3 Å². The Labute approximate surface area is 212 Å². The molecule has 1 heterocycles. The van der Waals surface area contributed by atoms with Crippen molar-refractivity contribution < 1.29 is 41.6 Å². The van der Waals surface area contributed by atoms with Crippen molar-refractivity contribution in [3.05, 3.63) is 17.5 Å².